The minimum Gasteiger partial charge on any atom is -0.439 e. The Labute approximate surface area is 113 Å². The van der Waals surface area contributed by atoms with Crippen LogP contribution in [0, 0.1) is 6.92 Å². The average Bonchev–Trinajstić information content (AvgIpc) is 2.39. The molecule has 1 aromatic carbocycles. The summed E-state index contributed by atoms with van der Waals surface area (Å²) < 4.78 is 5.85. The Bertz CT molecular complexity index is 567. The van der Waals surface area contributed by atoms with Crippen molar-refractivity contribution < 1.29 is 4.74 Å². The predicted molar refractivity (Wildman–Crippen MR) is 77.7 cm³/mol. The van der Waals surface area contributed by atoms with Crippen LogP contribution in [0.4, 0.5) is 5.69 Å². The third kappa shape index (κ3) is 3.23. The predicted octanol–water partition coefficient (Wildman–Crippen LogP) is 2.71. The van der Waals surface area contributed by atoms with Gasteiger partial charge in [-0.05, 0) is 25.1 Å². The van der Waals surface area contributed by atoms with Gasteiger partial charge >= 0.3 is 0 Å². The molecule has 0 radical (unpaired) electrons. The Morgan fingerprint density at radius 3 is 2.68 bits per heavy atom. The van der Waals surface area contributed by atoms with Crippen molar-refractivity contribution in [2.75, 3.05) is 19.0 Å². The number of aromatic nitrogens is 1. The number of benzene rings is 1. The molecule has 0 atom stereocenters. The van der Waals surface area contributed by atoms with E-state index in [-0.39, 0.29) is 0 Å². The molecule has 0 aliphatic carbocycles. The molecule has 0 amide bonds. The fraction of sp³-hybridized carbons (Fsp3) is 0.267. The van der Waals surface area contributed by atoms with Gasteiger partial charge in [0, 0.05) is 43.7 Å². The molecule has 2 rings (SSSR count). The van der Waals surface area contributed by atoms with Crippen LogP contribution in [0.5, 0.6) is 11.6 Å². The first kappa shape index (κ1) is 13.4. The summed E-state index contributed by atoms with van der Waals surface area (Å²) in [5.41, 5.74) is 8.60. The van der Waals surface area contributed by atoms with E-state index < -0.39 is 0 Å². The van der Waals surface area contributed by atoms with Crippen molar-refractivity contribution in [2.45, 2.75) is 13.5 Å². The molecular weight excluding hydrogens is 238 g/mol. The molecule has 100 valence electrons. The Morgan fingerprint density at radius 1 is 1.21 bits per heavy atom. The van der Waals surface area contributed by atoms with Crippen molar-refractivity contribution in [2.24, 2.45) is 5.73 Å². The molecule has 19 heavy (non-hydrogen) atoms. The van der Waals surface area contributed by atoms with Crippen LogP contribution in [0.2, 0.25) is 0 Å². The monoisotopic (exact) mass is 257 g/mol. The molecular formula is C15H19N3O. The molecule has 0 bridgehead atoms. The fourth-order valence-electron chi connectivity index (χ4n) is 1.74. The van der Waals surface area contributed by atoms with Crippen LogP contribution in [-0.2, 0) is 6.54 Å². The van der Waals surface area contributed by atoms with Crippen molar-refractivity contribution >= 4 is 5.69 Å². The SMILES string of the molecule is Cc1ccc(CN)c(Oc2cccc(N(C)C)c2)n1. The minimum atomic E-state index is 0.413. The Morgan fingerprint density at radius 2 is 2.00 bits per heavy atom. The van der Waals surface area contributed by atoms with Gasteiger partial charge in [0.15, 0.2) is 0 Å². The maximum absolute atomic E-state index is 5.85. The van der Waals surface area contributed by atoms with Gasteiger partial charge < -0.3 is 15.4 Å². The topological polar surface area (TPSA) is 51.4 Å². The number of rotatable bonds is 4. The van der Waals surface area contributed by atoms with Crippen molar-refractivity contribution in [3.05, 3.63) is 47.7 Å². The molecule has 0 spiro atoms. The number of nitrogens with two attached hydrogens (primary N) is 1. The number of pyridine rings is 1. The van der Waals surface area contributed by atoms with E-state index in [1.165, 1.54) is 0 Å². The van der Waals surface area contributed by atoms with Gasteiger partial charge in [-0.2, -0.15) is 0 Å². The van der Waals surface area contributed by atoms with E-state index in [2.05, 4.69) is 4.98 Å². The quantitative estimate of drug-likeness (QED) is 0.915. The smallest absolute Gasteiger partial charge is 0.223 e. The normalized spacial score (nSPS) is 10.3. The summed E-state index contributed by atoms with van der Waals surface area (Å²) >= 11 is 0. The van der Waals surface area contributed by atoms with Crippen molar-refractivity contribution in [3.8, 4) is 11.6 Å². The second-order valence-corrected chi connectivity index (χ2v) is 4.61. The molecule has 2 N–H and O–H groups in total. The Balaban J connectivity index is 2.30. The standard InChI is InChI=1S/C15H19N3O/c1-11-7-8-12(10-16)15(17-11)19-14-6-4-5-13(9-14)18(2)3/h4-9H,10,16H2,1-3H3. The number of anilines is 1. The summed E-state index contributed by atoms with van der Waals surface area (Å²) in [7, 11) is 3.99. The van der Waals surface area contributed by atoms with E-state index in [1.807, 2.05) is 62.3 Å². The lowest BCUT2D eigenvalue weighted by molar-refractivity contribution is 0.455. The number of hydrogen-bond donors (Lipinski definition) is 1. The number of hydrogen-bond acceptors (Lipinski definition) is 4. The summed E-state index contributed by atoms with van der Waals surface area (Å²) in [6.07, 6.45) is 0. The van der Waals surface area contributed by atoms with E-state index in [4.69, 9.17) is 10.5 Å². The van der Waals surface area contributed by atoms with Crippen molar-refractivity contribution in [1.82, 2.24) is 4.98 Å². The van der Waals surface area contributed by atoms with Gasteiger partial charge in [0.2, 0.25) is 5.88 Å². The van der Waals surface area contributed by atoms with Gasteiger partial charge in [-0.3, -0.25) is 0 Å². The lowest BCUT2D eigenvalue weighted by Crippen LogP contribution is -2.08. The molecule has 1 heterocycles. The van der Waals surface area contributed by atoms with Gasteiger partial charge in [-0.1, -0.05) is 12.1 Å². The van der Waals surface area contributed by atoms with E-state index in [0.29, 0.717) is 12.4 Å². The maximum Gasteiger partial charge on any atom is 0.223 e. The molecule has 0 saturated heterocycles. The molecule has 0 saturated carbocycles. The van der Waals surface area contributed by atoms with Crippen LogP contribution in [0.25, 0.3) is 0 Å². The van der Waals surface area contributed by atoms with E-state index in [0.717, 1.165) is 22.7 Å². The second kappa shape index (κ2) is 5.71. The molecule has 4 nitrogen and oxygen atoms in total. The van der Waals surface area contributed by atoms with Gasteiger partial charge in [-0.25, -0.2) is 4.98 Å². The fourth-order valence-corrected chi connectivity index (χ4v) is 1.74. The molecule has 0 aliphatic rings. The summed E-state index contributed by atoms with van der Waals surface area (Å²) in [6.45, 7) is 2.35. The van der Waals surface area contributed by atoms with E-state index in [1.54, 1.807) is 0 Å². The first-order valence-electron chi connectivity index (χ1n) is 6.22. The van der Waals surface area contributed by atoms with Crippen molar-refractivity contribution in [1.29, 1.82) is 0 Å². The number of aryl methyl sites for hydroxylation is 1. The van der Waals surface area contributed by atoms with Crippen LogP contribution in [-0.4, -0.2) is 19.1 Å². The molecule has 2 aromatic rings. The van der Waals surface area contributed by atoms with Gasteiger partial charge in [-0.15, -0.1) is 0 Å². The molecule has 1 aromatic heterocycles. The summed E-state index contributed by atoms with van der Waals surface area (Å²) in [4.78, 5) is 6.43. The van der Waals surface area contributed by atoms with E-state index >= 15 is 0 Å². The zero-order valence-electron chi connectivity index (χ0n) is 11.6. The Hall–Kier alpha value is -2.07. The molecule has 4 heteroatoms. The first-order valence-corrected chi connectivity index (χ1v) is 6.22. The zero-order chi connectivity index (χ0) is 13.8. The zero-order valence-corrected chi connectivity index (χ0v) is 11.6. The maximum atomic E-state index is 5.85. The Kier molecular flexibility index (Phi) is 4.02. The lowest BCUT2D eigenvalue weighted by atomic mass is 10.2. The highest BCUT2D eigenvalue weighted by molar-refractivity contribution is 5.50. The summed E-state index contributed by atoms with van der Waals surface area (Å²) in [5.74, 6) is 1.34. The third-order valence-corrected chi connectivity index (χ3v) is 2.85. The third-order valence-electron chi connectivity index (χ3n) is 2.85. The minimum absolute atomic E-state index is 0.413. The largest absolute Gasteiger partial charge is 0.439 e. The summed E-state index contributed by atoms with van der Waals surface area (Å²) in [5, 5.41) is 0. The highest BCUT2D eigenvalue weighted by atomic mass is 16.5. The van der Waals surface area contributed by atoms with Crippen LogP contribution in [0.1, 0.15) is 11.3 Å². The summed E-state index contributed by atoms with van der Waals surface area (Å²) in [6, 6.07) is 11.8. The van der Waals surface area contributed by atoms with Crippen molar-refractivity contribution in [3.63, 3.8) is 0 Å². The van der Waals surface area contributed by atoms with E-state index in [9.17, 15) is 0 Å². The lowest BCUT2D eigenvalue weighted by Gasteiger charge is -2.14. The van der Waals surface area contributed by atoms with Gasteiger partial charge in [0.25, 0.3) is 0 Å². The highest BCUT2D eigenvalue weighted by Gasteiger charge is 2.07. The average molecular weight is 257 g/mol. The first-order chi connectivity index (χ1) is 9.10. The second-order valence-electron chi connectivity index (χ2n) is 4.61. The molecule has 0 unspecified atom stereocenters. The number of ether oxygens (including phenoxy) is 1. The van der Waals surface area contributed by atoms with Crippen LogP contribution in [0.3, 0.4) is 0 Å². The van der Waals surface area contributed by atoms with Crippen LogP contribution < -0.4 is 15.4 Å². The molecule has 0 fully saturated rings. The van der Waals surface area contributed by atoms with Gasteiger partial charge in [0.05, 0.1) is 0 Å². The van der Waals surface area contributed by atoms with Gasteiger partial charge in [0.1, 0.15) is 5.75 Å². The highest BCUT2D eigenvalue weighted by Crippen LogP contribution is 2.26. The van der Waals surface area contributed by atoms with Crippen LogP contribution >= 0.6 is 0 Å². The van der Waals surface area contributed by atoms with Crippen LogP contribution in [0.15, 0.2) is 36.4 Å². The number of nitrogens with zero attached hydrogens (tertiary/aromatic N) is 2. The molecule has 0 aliphatic heterocycles.